The maximum absolute atomic E-state index is 12.5. The molecular formula is C15H18F3N5. The Morgan fingerprint density at radius 3 is 2.39 bits per heavy atom. The number of alkyl halides is 3. The standard InChI is InChI=1S/C15H18F3N5/c16-15(17,18)13-2-3-14(19-12-13)22-9-6-21(7-10-22)8-11-23-5-1-4-20-23/h1-5,12H,6-11H2. The molecule has 1 aliphatic heterocycles. The van der Waals surface area contributed by atoms with Crippen molar-refractivity contribution in [2.45, 2.75) is 12.7 Å². The first-order chi connectivity index (χ1) is 11.0. The van der Waals surface area contributed by atoms with Crippen LogP contribution in [0.25, 0.3) is 0 Å². The lowest BCUT2D eigenvalue weighted by molar-refractivity contribution is -0.137. The van der Waals surface area contributed by atoms with Gasteiger partial charge in [0.1, 0.15) is 5.82 Å². The Hall–Kier alpha value is -2.09. The summed E-state index contributed by atoms with van der Waals surface area (Å²) in [4.78, 5) is 8.29. The zero-order valence-electron chi connectivity index (χ0n) is 12.6. The van der Waals surface area contributed by atoms with E-state index in [0.29, 0.717) is 5.82 Å². The Labute approximate surface area is 132 Å². The molecule has 1 aliphatic rings. The molecule has 0 unspecified atom stereocenters. The molecule has 3 heterocycles. The van der Waals surface area contributed by atoms with E-state index in [9.17, 15) is 13.2 Å². The van der Waals surface area contributed by atoms with E-state index in [0.717, 1.165) is 51.5 Å². The number of aromatic nitrogens is 3. The second kappa shape index (κ2) is 6.57. The Bertz CT molecular complexity index is 601. The highest BCUT2D eigenvalue weighted by atomic mass is 19.4. The van der Waals surface area contributed by atoms with Gasteiger partial charge in [0.25, 0.3) is 0 Å². The highest BCUT2D eigenvalue weighted by Crippen LogP contribution is 2.29. The summed E-state index contributed by atoms with van der Waals surface area (Å²) in [7, 11) is 0. The SMILES string of the molecule is FC(F)(F)c1ccc(N2CCN(CCn3cccn3)CC2)nc1. The topological polar surface area (TPSA) is 37.2 Å². The van der Waals surface area contributed by atoms with Crippen LogP contribution >= 0.6 is 0 Å². The van der Waals surface area contributed by atoms with Crippen molar-refractivity contribution in [2.75, 3.05) is 37.6 Å². The molecule has 124 valence electrons. The van der Waals surface area contributed by atoms with E-state index in [1.165, 1.54) is 6.07 Å². The van der Waals surface area contributed by atoms with E-state index in [-0.39, 0.29) is 0 Å². The lowest BCUT2D eigenvalue weighted by Gasteiger charge is -2.35. The van der Waals surface area contributed by atoms with Gasteiger partial charge in [0, 0.05) is 51.3 Å². The highest BCUT2D eigenvalue weighted by molar-refractivity contribution is 5.40. The van der Waals surface area contributed by atoms with E-state index in [2.05, 4.69) is 15.0 Å². The van der Waals surface area contributed by atoms with Crippen LogP contribution in [0.4, 0.5) is 19.0 Å². The van der Waals surface area contributed by atoms with Crippen LogP contribution in [0.5, 0.6) is 0 Å². The third kappa shape index (κ3) is 4.01. The monoisotopic (exact) mass is 325 g/mol. The Morgan fingerprint density at radius 1 is 1.04 bits per heavy atom. The first kappa shape index (κ1) is 15.8. The summed E-state index contributed by atoms with van der Waals surface area (Å²) in [5.74, 6) is 0.602. The minimum Gasteiger partial charge on any atom is -0.354 e. The van der Waals surface area contributed by atoms with Crippen LogP contribution in [0.2, 0.25) is 0 Å². The van der Waals surface area contributed by atoms with Gasteiger partial charge in [-0.1, -0.05) is 0 Å². The first-order valence-electron chi connectivity index (χ1n) is 7.50. The maximum atomic E-state index is 12.5. The van der Waals surface area contributed by atoms with Gasteiger partial charge in [-0.3, -0.25) is 9.58 Å². The fourth-order valence-corrected chi connectivity index (χ4v) is 2.62. The molecule has 2 aromatic rings. The summed E-state index contributed by atoms with van der Waals surface area (Å²) in [5.41, 5.74) is -0.709. The van der Waals surface area contributed by atoms with Gasteiger partial charge in [0.2, 0.25) is 0 Å². The second-order valence-corrected chi connectivity index (χ2v) is 5.50. The van der Waals surface area contributed by atoms with Crippen molar-refractivity contribution in [2.24, 2.45) is 0 Å². The second-order valence-electron chi connectivity index (χ2n) is 5.50. The fraction of sp³-hybridized carbons (Fsp3) is 0.467. The van der Waals surface area contributed by atoms with E-state index < -0.39 is 11.7 Å². The molecule has 0 aliphatic carbocycles. The molecule has 0 amide bonds. The van der Waals surface area contributed by atoms with Crippen LogP contribution in [0.1, 0.15) is 5.56 Å². The van der Waals surface area contributed by atoms with Crippen molar-refractivity contribution >= 4 is 5.82 Å². The molecule has 8 heteroatoms. The molecule has 5 nitrogen and oxygen atoms in total. The van der Waals surface area contributed by atoms with Gasteiger partial charge < -0.3 is 4.90 Å². The summed E-state index contributed by atoms with van der Waals surface area (Å²) >= 11 is 0. The number of anilines is 1. The largest absolute Gasteiger partial charge is 0.417 e. The molecule has 0 bridgehead atoms. The van der Waals surface area contributed by atoms with Gasteiger partial charge in [-0.2, -0.15) is 18.3 Å². The molecule has 0 saturated carbocycles. The van der Waals surface area contributed by atoms with Gasteiger partial charge in [-0.15, -0.1) is 0 Å². The maximum Gasteiger partial charge on any atom is 0.417 e. The number of piperazine rings is 1. The highest BCUT2D eigenvalue weighted by Gasteiger charge is 2.31. The molecule has 1 saturated heterocycles. The Morgan fingerprint density at radius 2 is 1.83 bits per heavy atom. The van der Waals surface area contributed by atoms with E-state index in [1.54, 1.807) is 6.20 Å². The number of rotatable bonds is 4. The number of pyridine rings is 1. The molecule has 23 heavy (non-hydrogen) atoms. The normalized spacial score (nSPS) is 16.7. The average Bonchev–Trinajstić information content (AvgIpc) is 3.06. The van der Waals surface area contributed by atoms with Crippen LogP contribution in [0.15, 0.2) is 36.8 Å². The van der Waals surface area contributed by atoms with E-state index >= 15 is 0 Å². The fourth-order valence-electron chi connectivity index (χ4n) is 2.62. The lowest BCUT2D eigenvalue weighted by Crippen LogP contribution is -2.47. The molecule has 0 spiro atoms. The van der Waals surface area contributed by atoms with Gasteiger partial charge in [0.15, 0.2) is 0 Å². The van der Waals surface area contributed by atoms with Crippen LogP contribution in [0, 0.1) is 0 Å². The van der Waals surface area contributed by atoms with Gasteiger partial charge in [-0.25, -0.2) is 4.98 Å². The van der Waals surface area contributed by atoms with Crippen LogP contribution in [0.3, 0.4) is 0 Å². The first-order valence-corrected chi connectivity index (χ1v) is 7.50. The number of nitrogens with zero attached hydrogens (tertiary/aromatic N) is 5. The van der Waals surface area contributed by atoms with Crippen LogP contribution in [-0.2, 0) is 12.7 Å². The van der Waals surface area contributed by atoms with Crippen LogP contribution in [-0.4, -0.2) is 52.4 Å². The van der Waals surface area contributed by atoms with Crippen molar-refractivity contribution in [1.82, 2.24) is 19.7 Å². The summed E-state index contributed by atoms with van der Waals surface area (Å²) in [6.07, 6.45) is 0.257. The molecule has 0 aromatic carbocycles. The predicted molar refractivity (Wildman–Crippen MR) is 80.1 cm³/mol. The van der Waals surface area contributed by atoms with Gasteiger partial charge in [0.05, 0.1) is 12.1 Å². The number of halogens is 3. The molecular weight excluding hydrogens is 307 g/mol. The minimum absolute atomic E-state index is 0.602. The third-order valence-electron chi connectivity index (χ3n) is 3.98. The minimum atomic E-state index is -4.34. The van der Waals surface area contributed by atoms with E-state index in [4.69, 9.17) is 0 Å². The quantitative estimate of drug-likeness (QED) is 0.863. The predicted octanol–water partition coefficient (Wildman–Crippen LogP) is 2.12. The molecule has 0 atom stereocenters. The van der Waals surface area contributed by atoms with Crippen molar-refractivity contribution in [1.29, 1.82) is 0 Å². The van der Waals surface area contributed by atoms with Gasteiger partial charge >= 0.3 is 6.18 Å². The molecule has 0 N–H and O–H groups in total. The number of hydrogen-bond acceptors (Lipinski definition) is 4. The summed E-state index contributed by atoms with van der Waals surface area (Å²) < 4.78 is 39.5. The molecule has 3 rings (SSSR count). The number of hydrogen-bond donors (Lipinski definition) is 0. The van der Waals surface area contributed by atoms with Gasteiger partial charge in [-0.05, 0) is 18.2 Å². The van der Waals surface area contributed by atoms with Crippen molar-refractivity contribution in [3.63, 3.8) is 0 Å². The summed E-state index contributed by atoms with van der Waals surface area (Å²) in [6.45, 7) is 5.00. The molecule has 1 fully saturated rings. The Kier molecular flexibility index (Phi) is 4.51. The van der Waals surface area contributed by atoms with Crippen LogP contribution < -0.4 is 4.90 Å². The van der Waals surface area contributed by atoms with E-state index in [1.807, 2.05) is 21.8 Å². The zero-order valence-corrected chi connectivity index (χ0v) is 12.6. The van der Waals surface area contributed by atoms with Crippen molar-refractivity contribution < 1.29 is 13.2 Å². The Balaban J connectivity index is 1.50. The zero-order chi connectivity index (χ0) is 16.3. The van der Waals surface area contributed by atoms with Crippen molar-refractivity contribution in [3.8, 4) is 0 Å². The molecule has 0 radical (unpaired) electrons. The summed E-state index contributed by atoms with van der Waals surface area (Å²) in [6, 6.07) is 4.43. The smallest absolute Gasteiger partial charge is 0.354 e. The average molecular weight is 325 g/mol. The third-order valence-corrected chi connectivity index (χ3v) is 3.98. The van der Waals surface area contributed by atoms with Crippen molar-refractivity contribution in [3.05, 3.63) is 42.4 Å². The summed E-state index contributed by atoms with van der Waals surface area (Å²) in [5, 5.41) is 4.17. The lowest BCUT2D eigenvalue weighted by atomic mass is 10.2. The molecule has 2 aromatic heterocycles.